The van der Waals surface area contributed by atoms with Gasteiger partial charge in [-0.3, -0.25) is 14.7 Å². The molecule has 0 aliphatic carbocycles. The van der Waals surface area contributed by atoms with Crippen LogP contribution in [-0.4, -0.2) is 21.4 Å². The molecule has 8 heteroatoms. The summed E-state index contributed by atoms with van der Waals surface area (Å²) in [5.41, 5.74) is 3.45. The Kier molecular flexibility index (Phi) is 6.09. The number of benzene rings is 3. The number of amides is 1. The molecule has 1 aliphatic heterocycles. The van der Waals surface area contributed by atoms with Gasteiger partial charge in [0.15, 0.2) is 0 Å². The van der Waals surface area contributed by atoms with Gasteiger partial charge >= 0.3 is 0 Å². The molecular weight excluding hydrogens is 483 g/mol. The molecule has 176 valence electrons. The summed E-state index contributed by atoms with van der Waals surface area (Å²) in [4.78, 5) is 27.6. The van der Waals surface area contributed by atoms with E-state index in [0.717, 1.165) is 0 Å². The van der Waals surface area contributed by atoms with Crippen LogP contribution < -0.4 is 10.6 Å². The Morgan fingerprint density at radius 3 is 2.14 bits per heavy atom. The van der Waals surface area contributed by atoms with Crippen molar-refractivity contribution in [3.05, 3.63) is 116 Å². The molecular formula is C27H22Cl2N4O2. The number of halogens is 2. The maximum Gasteiger partial charge on any atom is 0.275 e. The van der Waals surface area contributed by atoms with Gasteiger partial charge in [0.05, 0.1) is 17.3 Å². The van der Waals surface area contributed by atoms with Crippen molar-refractivity contribution >= 4 is 40.5 Å². The first-order valence-electron chi connectivity index (χ1n) is 11.1. The largest absolute Gasteiger partial charge is 0.295 e. The van der Waals surface area contributed by atoms with Crippen LogP contribution in [0.25, 0.3) is 5.69 Å². The van der Waals surface area contributed by atoms with Crippen molar-refractivity contribution in [2.45, 2.75) is 19.8 Å². The van der Waals surface area contributed by atoms with Gasteiger partial charge in [0, 0.05) is 32.9 Å². The lowest BCUT2D eigenvalue weighted by molar-refractivity contribution is -0.120. The summed E-state index contributed by atoms with van der Waals surface area (Å²) >= 11 is 12.8. The van der Waals surface area contributed by atoms with Crippen molar-refractivity contribution in [1.82, 2.24) is 9.78 Å². The molecule has 0 radical (unpaired) electrons. The molecule has 1 aromatic heterocycles. The number of carbonyl (C=O) groups is 1. The van der Waals surface area contributed by atoms with Gasteiger partial charge in [0.25, 0.3) is 11.5 Å². The fourth-order valence-corrected chi connectivity index (χ4v) is 5.18. The number of rotatable bonds is 5. The van der Waals surface area contributed by atoms with Gasteiger partial charge in [-0.2, -0.15) is 5.10 Å². The van der Waals surface area contributed by atoms with Gasteiger partial charge < -0.3 is 0 Å². The standard InChI is InChI=1S/C27H22Cl2N4O2/c1-16-23(26(34)32(30-16)19-9-5-3-6-10-19)25(21-14-13-18(28)15-22(21)29)24-17(2)31-33(27(24)35)20-11-7-4-8-12-20/h3-15,23,25,31H,1-2H3/t23-,25+/m0/s1. The fraction of sp³-hybridized carbons (Fsp3) is 0.148. The number of carbonyl (C=O) groups excluding carboxylic acids is 1. The second-order valence-corrected chi connectivity index (χ2v) is 9.32. The molecule has 0 spiro atoms. The van der Waals surface area contributed by atoms with Gasteiger partial charge in [-0.25, -0.2) is 9.69 Å². The van der Waals surface area contributed by atoms with Crippen molar-refractivity contribution in [2.24, 2.45) is 11.0 Å². The zero-order valence-corrected chi connectivity index (χ0v) is 20.6. The van der Waals surface area contributed by atoms with Crippen molar-refractivity contribution in [1.29, 1.82) is 0 Å². The summed E-state index contributed by atoms with van der Waals surface area (Å²) in [6.45, 7) is 3.63. The van der Waals surface area contributed by atoms with E-state index in [2.05, 4.69) is 10.2 Å². The molecule has 1 aliphatic rings. The van der Waals surface area contributed by atoms with E-state index in [0.29, 0.717) is 44.0 Å². The van der Waals surface area contributed by atoms with Crippen LogP contribution >= 0.6 is 23.2 Å². The summed E-state index contributed by atoms with van der Waals surface area (Å²) in [7, 11) is 0. The number of aromatic amines is 1. The maximum absolute atomic E-state index is 13.8. The van der Waals surface area contributed by atoms with Crippen LogP contribution in [0.15, 0.2) is 88.8 Å². The zero-order chi connectivity index (χ0) is 24.7. The summed E-state index contributed by atoms with van der Waals surface area (Å²) in [6, 6.07) is 23.6. The number of nitrogens with one attached hydrogen (secondary N) is 1. The van der Waals surface area contributed by atoms with Crippen LogP contribution in [-0.2, 0) is 4.79 Å². The third-order valence-corrected chi connectivity index (χ3v) is 6.82. The predicted molar refractivity (Wildman–Crippen MR) is 140 cm³/mol. The average molecular weight is 505 g/mol. The molecule has 6 nitrogen and oxygen atoms in total. The molecule has 0 unspecified atom stereocenters. The minimum atomic E-state index is -0.722. The van der Waals surface area contributed by atoms with Crippen LogP contribution in [0.5, 0.6) is 0 Å². The second kappa shape index (κ2) is 9.21. The van der Waals surface area contributed by atoms with Crippen LogP contribution in [0.1, 0.15) is 29.7 Å². The molecule has 35 heavy (non-hydrogen) atoms. The van der Waals surface area contributed by atoms with E-state index in [1.165, 1.54) is 9.69 Å². The van der Waals surface area contributed by atoms with Gasteiger partial charge in [-0.15, -0.1) is 0 Å². The van der Waals surface area contributed by atoms with Crippen LogP contribution in [0.2, 0.25) is 10.0 Å². The molecule has 0 saturated heterocycles. The van der Waals surface area contributed by atoms with Crippen LogP contribution in [0.3, 0.4) is 0 Å². The lowest BCUT2D eigenvalue weighted by Crippen LogP contribution is -2.34. The van der Waals surface area contributed by atoms with E-state index in [-0.39, 0.29) is 11.5 Å². The highest BCUT2D eigenvalue weighted by atomic mass is 35.5. The Morgan fingerprint density at radius 1 is 0.886 bits per heavy atom. The number of hydrogen-bond acceptors (Lipinski definition) is 3. The molecule has 1 amide bonds. The number of anilines is 1. The quantitative estimate of drug-likeness (QED) is 0.364. The Hall–Kier alpha value is -3.61. The highest BCUT2D eigenvalue weighted by Gasteiger charge is 2.44. The second-order valence-electron chi connectivity index (χ2n) is 8.47. The normalized spacial score (nSPS) is 16.5. The molecule has 5 rings (SSSR count). The zero-order valence-electron chi connectivity index (χ0n) is 19.1. The van der Waals surface area contributed by atoms with E-state index >= 15 is 0 Å². The Balaban J connectivity index is 1.70. The van der Waals surface area contributed by atoms with Gasteiger partial charge in [-0.1, -0.05) is 65.7 Å². The summed E-state index contributed by atoms with van der Waals surface area (Å²) < 4.78 is 1.49. The summed E-state index contributed by atoms with van der Waals surface area (Å²) in [5, 5.41) is 10.0. The third-order valence-electron chi connectivity index (χ3n) is 6.26. The highest BCUT2D eigenvalue weighted by molar-refractivity contribution is 6.35. The van der Waals surface area contributed by atoms with Crippen molar-refractivity contribution in [3.63, 3.8) is 0 Å². The lowest BCUT2D eigenvalue weighted by Gasteiger charge is -2.24. The SMILES string of the molecule is CC1=NN(c2ccccc2)C(=O)[C@@H]1[C@@H](c1ccc(Cl)cc1Cl)c1c(C)[nH]n(-c2ccccc2)c1=O. The molecule has 4 aromatic rings. The van der Waals surface area contributed by atoms with Gasteiger partial charge in [0.1, 0.15) is 0 Å². The molecule has 2 heterocycles. The first-order valence-corrected chi connectivity index (χ1v) is 11.9. The van der Waals surface area contributed by atoms with E-state index < -0.39 is 11.8 Å². The summed E-state index contributed by atoms with van der Waals surface area (Å²) in [5.74, 6) is -1.62. The smallest absolute Gasteiger partial charge is 0.275 e. The maximum atomic E-state index is 13.8. The Labute approximate surface area is 212 Å². The van der Waals surface area contributed by atoms with Crippen LogP contribution in [0.4, 0.5) is 5.69 Å². The third kappa shape index (κ3) is 4.09. The van der Waals surface area contributed by atoms with Crippen molar-refractivity contribution in [3.8, 4) is 5.69 Å². The number of hydrazone groups is 1. The Morgan fingerprint density at radius 2 is 1.51 bits per heavy atom. The number of aryl methyl sites for hydroxylation is 1. The molecule has 2 atom stereocenters. The molecule has 1 N–H and O–H groups in total. The van der Waals surface area contributed by atoms with Crippen molar-refractivity contribution in [2.75, 3.05) is 5.01 Å². The van der Waals surface area contributed by atoms with Gasteiger partial charge in [-0.05, 0) is 55.8 Å². The van der Waals surface area contributed by atoms with Gasteiger partial charge in [0.2, 0.25) is 0 Å². The number of nitrogens with zero attached hydrogens (tertiary/aromatic N) is 3. The predicted octanol–water partition coefficient (Wildman–Crippen LogP) is 5.95. The van der Waals surface area contributed by atoms with E-state index in [9.17, 15) is 9.59 Å². The molecule has 0 fully saturated rings. The van der Waals surface area contributed by atoms with E-state index in [1.807, 2.05) is 67.6 Å². The highest BCUT2D eigenvalue weighted by Crippen LogP contribution is 2.41. The monoisotopic (exact) mass is 504 g/mol. The number of aromatic nitrogens is 2. The van der Waals surface area contributed by atoms with E-state index in [4.69, 9.17) is 23.2 Å². The number of hydrogen-bond donors (Lipinski definition) is 1. The molecule has 0 saturated carbocycles. The molecule has 3 aromatic carbocycles. The summed E-state index contributed by atoms with van der Waals surface area (Å²) in [6.07, 6.45) is 0. The topological polar surface area (TPSA) is 70.5 Å². The first-order chi connectivity index (χ1) is 16.9. The number of H-pyrrole nitrogens is 1. The average Bonchev–Trinajstić information content (AvgIpc) is 3.32. The fourth-order valence-electron chi connectivity index (χ4n) is 4.66. The lowest BCUT2D eigenvalue weighted by atomic mass is 9.78. The molecule has 0 bridgehead atoms. The number of para-hydroxylation sites is 2. The van der Waals surface area contributed by atoms with Crippen molar-refractivity contribution < 1.29 is 4.79 Å². The van der Waals surface area contributed by atoms with Crippen LogP contribution in [0, 0.1) is 12.8 Å². The van der Waals surface area contributed by atoms with E-state index in [1.54, 1.807) is 25.1 Å². The minimum absolute atomic E-state index is 0.226. The Bertz CT molecular complexity index is 1490. The minimum Gasteiger partial charge on any atom is -0.295 e. The first kappa shape index (κ1) is 23.1.